The Hall–Kier alpha value is -2.43. The van der Waals surface area contributed by atoms with E-state index >= 15 is 0 Å². The predicted octanol–water partition coefficient (Wildman–Crippen LogP) is 2.05. The molecule has 1 amide bonds. The van der Waals surface area contributed by atoms with Gasteiger partial charge in [-0.2, -0.15) is 0 Å². The lowest BCUT2D eigenvalue weighted by molar-refractivity contribution is -0.117. The summed E-state index contributed by atoms with van der Waals surface area (Å²) in [4.78, 5) is 27.3. The highest BCUT2D eigenvalue weighted by atomic mass is 16.4. The van der Waals surface area contributed by atoms with Crippen LogP contribution in [0, 0.1) is 5.92 Å². The largest absolute Gasteiger partial charge is 0.421 e. The van der Waals surface area contributed by atoms with Gasteiger partial charge in [-0.15, -0.1) is 0 Å². The lowest BCUT2D eigenvalue weighted by Gasteiger charge is -2.04. The summed E-state index contributed by atoms with van der Waals surface area (Å²) in [6, 6.07) is 6.78. The van der Waals surface area contributed by atoms with Gasteiger partial charge in [-0.25, -0.2) is 4.79 Å². The summed E-state index contributed by atoms with van der Waals surface area (Å²) in [5.41, 5.74) is 0.361. The van der Waals surface area contributed by atoms with E-state index in [4.69, 9.17) is 4.42 Å². The van der Waals surface area contributed by atoms with Crippen LogP contribution in [0.1, 0.15) is 12.8 Å². The molecule has 1 fully saturated rings. The summed E-state index contributed by atoms with van der Waals surface area (Å²) in [5, 5.41) is 2.59. The molecule has 3 rings (SSSR count). The average Bonchev–Trinajstić information content (AvgIpc) is 3.26. The SMILES string of the molecule is O=C(Nc1ccc(-c2cccnc2)oc1=O)C1CC1. The van der Waals surface area contributed by atoms with Gasteiger partial charge < -0.3 is 9.73 Å². The number of pyridine rings is 1. The van der Waals surface area contributed by atoms with Crippen molar-refractivity contribution >= 4 is 11.6 Å². The fourth-order valence-electron chi connectivity index (χ4n) is 1.75. The third-order valence-electron chi connectivity index (χ3n) is 2.98. The Kier molecular flexibility index (Phi) is 2.87. The van der Waals surface area contributed by atoms with Crippen molar-refractivity contribution < 1.29 is 9.21 Å². The van der Waals surface area contributed by atoms with Gasteiger partial charge in [-0.05, 0) is 37.1 Å². The first kappa shape index (κ1) is 11.6. The second-order valence-corrected chi connectivity index (χ2v) is 4.51. The lowest BCUT2D eigenvalue weighted by atomic mass is 10.2. The maximum absolute atomic E-state index is 11.8. The van der Waals surface area contributed by atoms with Crippen molar-refractivity contribution in [2.75, 3.05) is 5.32 Å². The van der Waals surface area contributed by atoms with E-state index < -0.39 is 5.63 Å². The molecular weight excluding hydrogens is 244 g/mol. The molecule has 0 spiro atoms. The van der Waals surface area contributed by atoms with Crippen LogP contribution in [0.15, 0.2) is 45.9 Å². The van der Waals surface area contributed by atoms with Crippen LogP contribution >= 0.6 is 0 Å². The van der Waals surface area contributed by atoms with E-state index in [2.05, 4.69) is 10.3 Å². The number of hydrogen-bond donors (Lipinski definition) is 1. The molecule has 0 radical (unpaired) electrons. The van der Waals surface area contributed by atoms with Crippen LogP contribution in [0.5, 0.6) is 0 Å². The molecule has 0 aliphatic heterocycles. The van der Waals surface area contributed by atoms with E-state index in [1.54, 1.807) is 36.7 Å². The normalized spacial score (nSPS) is 14.1. The zero-order valence-electron chi connectivity index (χ0n) is 10.1. The van der Waals surface area contributed by atoms with Gasteiger partial charge >= 0.3 is 5.63 Å². The molecule has 1 saturated carbocycles. The summed E-state index contributed by atoms with van der Waals surface area (Å²) in [5.74, 6) is 0.376. The van der Waals surface area contributed by atoms with Gasteiger partial charge in [0.1, 0.15) is 11.4 Å². The highest BCUT2D eigenvalue weighted by Crippen LogP contribution is 2.29. The van der Waals surface area contributed by atoms with Crippen molar-refractivity contribution in [1.29, 1.82) is 0 Å². The summed E-state index contributed by atoms with van der Waals surface area (Å²) >= 11 is 0. The highest BCUT2D eigenvalue weighted by molar-refractivity contribution is 5.93. The highest BCUT2D eigenvalue weighted by Gasteiger charge is 2.30. The number of rotatable bonds is 3. The standard InChI is InChI=1S/C14H12N2O3/c17-13(9-3-4-9)16-11-5-6-12(19-14(11)18)10-2-1-7-15-8-10/h1-2,5-9H,3-4H2,(H,16,17). The maximum atomic E-state index is 11.8. The zero-order chi connectivity index (χ0) is 13.2. The van der Waals surface area contributed by atoms with E-state index in [-0.39, 0.29) is 17.5 Å². The van der Waals surface area contributed by atoms with Crippen molar-refractivity contribution in [2.24, 2.45) is 5.92 Å². The Morgan fingerprint density at radius 3 is 2.79 bits per heavy atom. The Labute approximate surface area is 109 Å². The molecule has 5 heteroatoms. The molecule has 2 aromatic rings. The molecule has 0 aromatic carbocycles. The van der Waals surface area contributed by atoms with Gasteiger partial charge in [0.15, 0.2) is 0 Å². The summed E-state index contributed by atoms with van der Waals surface area (Å²) in [7, 11) is 0. The number of anilines is 1. The van der Waals surface area contributed by atoms with Crippen LogP contribution in [-0.4, -0.2) is 10.9 Å². The van der Waals surface area contributed by atoms with Crippen LogP contribution in [0.25, 0.3) is 11.3 Å². The second kappa shape index (κ2) is 4.68. The predicted molar refractivity (Wildman–Crippen MR) is 69.6 cm³/mol. The van der Waals surface area contributed by atoms with Crippen molar-refractivity contribution in [2.45, 2.75) is 12.8 Å². The van der Waals surface area contributed by atoms with Gasteiger partial charge in [0.25, 0.3) is 0 Å². The van der Waals surface area contributed by atoms with Crippen LogP contribution in [0.3, 0.4) is 0 Å². The Morgan fingerprint density at radius 2 is 2.16 bits per heavy atom. The molecule has 5 nitrogen and oxygen atoms in total. The number of nitrogens with one attached hydrogen (secondary N) is 1. The molecule has 0 saturated heterocycles. The van der Waals surface area contributed by atoms with Crippen LogP contribution in [0.4, 0.5) is 5.69 Å². The quantitative estimate of drug-likeness (QED) is 0.912. The number of carbonyl (C=O) groups excluding carboxylic acids is 1. The van der Waals surface area contributed by atoms with Crippen LogP contribution in [-0.2, 0) is 4.79 Å². The molecule has 1 N–H and O–H groups in total. The fraction of sp³-hybridized carbons (Fsp3) is 0.214. The number of aromatic nitrogens is 1. The summed E-state index contributed by atoms with van der Waals surface area (Å²) in [6.45, 7) is 0. The summed E-state index contributed by atoms with van der Waals surface area (Å²) < 4.78 is 5.19. The molecule has 0 atom stereocenters. The molecule has 0 unspecified atom stereocenters. The van der Waals surface area contributed by atoms with E-state index in [1.165, 1.54) is 0 Å². The van der Waals surface area contributed by atoms with Gasteiger partial charge in [0.2, 0.25) is 5.91 Å². The van der Waals surface area contributed by atoms with Crippen molar-refractivity contribution in [3.63, 3.8) is 0 Å². The molecule has 96 valence electrons. The van der Waals surface area contributed by atoms with Crippen molar-refractivity contribution in [1.82, 2.24) is 4.98 Å². The molecular formula is C14H12N2O3. The molecule has 2 heterocycles. The Morgan fingerprint density at radius 1 is 1.32 bits per heavy atom. The minimum Gasteiger partial charge on any atom is -0.421 e. The molecule has 1 aliphatic rings. The maximum Gasteiger partial charge on any atom is 0.360 e. The summed E-state index contributed by atoms with van der Waals surface area (Å²) in [6.07, 6.45) is 5.04. The van der Waals surface area contributed by atoms with Gasteiger partial charge in [-0.3, -0.25) is 9.78 Å². The van der Waals surface area contributed by atoms with E-state index in [0.717, 1.165) is 18.4 Å². The smallest absolute Gasteiger partial charge is 0.360 e. The lowest BCUT2D eigenvalue weighted by Crippen LogP contribution is -2.18. The monoisotopic (exact) mass is 256 g/mol. The minimum atomic E-state index is -0.546. The third kappa shape index (κ3) is 2.54. The van der Waals surface area contributed by atoms with Gasteiger partial charge in [-0.1, -0.05) is 0 Å². The number of carbonyl (C=O) groups is 1. The minimum absolute atomic E-state index is 0.0531. The van der Waals surface area contributed by atoms with E-state index in [0.29, 0.717) is 5.76 Å². The van der Waals surface area contributed by atoms with E-state index in [1.807, 2.05) is 0 Å². The molecule has 2 aromatic heterocycles. The number of amides is 1. The Bertz CT molecular complexity index is 660. The van der Waals surface area contributed by atoms with Crippen molar-refractivity contribution in [3.05, 3.63) is 47.1 Å². The first-order valence-corrected chi connectivity index (χ1v) is 6.09. The number of hydrogen-bond acceptors (Lipinski definition) is 4. The average molecular weight is 256 g/mol. The zero-order valence-corrected chi connectivity index (χ0v) is 10.1. The number of nitrogens with zero attached hydrogens (tertiary/aromatic N) is 1. The molecule has 1 aliphatic carbocycles. The molecule has 19 heavy (non-hydrogen) atoms. The van der Waals surface area contributed by atoms with Crippen molar-refractivity contribution in [3.8, 4) is 11.3 Å². The first-order valence-electron chi connectivity index (χ1n) is 6.09. The van der Waals surface area contributed by atoms with E-state index in [9.17, 15) is 9.59 Å². The first-order chi connectivity index (χ1) is 9.24. The van der Waals surface area contributed by atoms with Crippen LogP contribution in [0.2, 0.25) is 0 Å². The second-order valence-electron chi connectivity index (χ2n) is 4.51. The fourth-order valence-corrected chi connectivity index (χ4v) is 1.75. The van der Waals surface area contributed by atoms with Crippen LogP contribution < -0.4 is 10.9 Å². The van der Waals surface area contributed by atoms with Gasteiger partial charge in [0.05, 0.1) is 0 Å². The topological polar surface area (TPSA) is 72.2 Å². The van der Waals surface area contributed by atoms with Gasteiger partial charge in [0, 0.05) is 23.9 Å². The Balaban J connectivity index is 1.85. The molecule has 0 bridgehead atoms. The third-order valence-corrected chi connectivity index (χ3v) is 2.98.